The molecule has 2 atom stereocenters. The Morgan fingerprint density at radius 2 is 1.92 bits per heavy atom. The van der Waals surface area contributed by atoms with Crippen molar-refractivity contribution in [3.05, 3.63) is 30.3 Å². The molecule has 0 spiro atoms. The van der Waals surface area contributed by atoms with Crippen LogP contribution in [-0.4, -0.2) is 67.1 Å². The molecule has 2 heterocycles. The molecule has 1 aromatic carbocycles. The molecule has 2 fully saturated rings. The van der Waals surface area contributed by atoms with E-state index in [1.807, 2.05) is 35.2 Å². The third kappa shape index (κ3) is 5.17. The summed E-state index contributed by atoms with van der Waals surface area (Å²) >= 11 is 0. The highest BCUT2D eigenvalue weighted by molar-refractivity contribution is 5.82. The van der Waals surface area contributed by atoms with Gasteiger partial charge in [0.15, 0.2) is 0 Å². The third-order valence-corrected chi connectivity index (χ3v) is 5.02. The van der Waals surface area contributed by atoms with Crippen LogP contribution in [0.15, 0.2) is 30.3 Å². The van der Waals surface area contributed by atoms with Gasteiger partial charge in [-0.15, -0.1) is 0 Å². The van der Waals surface area contributed by atoms with Crippen molar-refractivity contribution in [2.24, 2.45) is 0 Å². The topological polar surface area (TPSA) is 56.8 Å². The number of hydrazine groups is 1. The number of hydrogen-bond donors (Lipinski definition) is 2. The van der Waals surface area contributed by atoms with Gasteiger partial charge in [0.25, 0.3) is 0 Å². The minimum atomic E-state index is -0.0653. The van der Waals surface area contributed by atoms with Crippen LogP contribution in [-0.2, 0) is 4.79 Å². The molecule has 1 aromatic rings. The molecule has 0 aromatic heterocycles. The fraction of sp³-hybridized carbons (Fsp3) is 0.632. The van der Waals surface area contributed by atoms with Crippen LogP contribution in [0.3, 0.4) is 0 Å². The quantitative estimate of drug-likeness (QED) is 0.778. The second-order valence-electron chi connectivity index (χ2n) is 6.89. The number of carbonyl (C=O) groups is 1. The third-order valence-electron chi connectivity index (χ3n) is 5.02. The molecular weight excluding hydrogens is 316 g/mol. The summed E-state index contributed by atoms with van der Waals surface area (Å²) in [5.41, 5.74) is 6.43. The van der Waals surface area contributed by atoms with Crippen molar-refractivity contribution in [3.8, 4) is 5.75 Å². The number of carbonyl (C=O) groups excluding carboxylic acids is 1. The molecule has 6 nitrogen and oxygen atoms in total. The van der Waals surface area contributed by atoms with Gasteiger partial charge in [-0.3, -0.25) is 15.1 Å². The number of benzene rings is 1. The summed E-state index contributed by atoms with van der Waals surface area (Å²) in [6, 6.07) is 10.3. The Hall–Kier alpha value is -1.63. The zero-order chi connectivity index (χ0) is 17.5. The van der Waals surface area contributed by atoms with Crippen molar-refractivity contribution >= 4 is 5.91 Å². The van der Waals surface area contributed by atoms with Crippen molar-refractivity contribution in [3.63, 3.8) is 0 Å². The fourth-order valence-electron chi connectivity index (χ4n) is 3.54. The van der Waals surface area contributed by atoms with E-state index >= 15 is 0 Å². The maximum absolute atomic E-state index is 12.6. The molecule has 0 aliphatic carbocycles. The van der Waals surface area contributed by atoms with Crippen molar-refractivity contribution < 1.29 is 9.53 Å². The first kappa shape index (κ1) is 18.2. The first-order valence-electron chi connectivity index (χ1n) is 9.46. The standard InChI is InChI=1S/C19H30N4O2/c1-2-6-16-15-18(21-20-16)19(24)23-11-9-22(10-12-23)13-14-25-17-7-4-3-5-8-17/h3-5,7-8,16,18,20-21H,2,6,9-15H2,1H3. The van der Waals surface area contributed by atoms with E-state index in [9.17, 15) is 4.79 Å². The molecule has 3 rings (SSSR count). The first-order valence-corrected chi connectivity index (χ1v) is 9.46. The molecule has 25 heavy (non-hydrogen) atoms. The van der Waals surface area contributed by atoms with Crippen molar-refractivity contribution in [2.75, 3.05) is 39.3 Å². The van der Waals surface area contributed by atoms with Crippen LogP contribution < -0.4 is 15.6 Å². The summed E-state index contributed by atoms with van der Waals surface area (Å²) < 4.78 is 5.76. The predicted octanol–water partition coefficient (Wildman–Crippen LogP) is 1.24. The van der Waals surface area contributed by atoms with Gasteiger partial charge in [0.1, 0.15) is 18.4 Å². The van der Waals surface area contributed by atoms with Gasteiger partial charge in [0, 0.05) is 38.8 Å². The molecular formula is C19H30N4O2. The predicted molar refractivity (Wildman–Crippen MR) is 98.3 cm³/mol. The number of amides is 1. The Labute approximate surface area is 150 Å². The number of nitrogens with zero attached hydrogens (tertiary/aromatic N) is 2. The van der Waals surface area contributed by atoms with E-state index in [1.54, 1.807) is 0 Å². The number of piperazine rings is 1. The Morgan fingerprint density at radius 3 is 2.64 bits per heavy atom. The Balaban J connectivity index is 1.35. The zero-order valence-electron chi connectivity index (χ0n) is 15.1. The number of para-hydroxylation sites is 1. The van der Waals surface area contributed by atoms with Gasteiger partial charge in [0.05, 0.1) is 0 Å². The van der Waals surface area contributed by atoms with E-state index in [0.717, 1.165) is 57.7 Å². The molecule has 2 aliphatic rings. The number of nitrogens with one attached hydrogen (secondary N) is 2. The monoisotopic (exact) mass is 346 g/mol. The second-order valence-corrected chi connectivity index (χ2v) is 6.89. The fourth-order valence-corrected chi connectivity index (χ4v) is 3.54. The van der Waals surface area contributed by atoms with Gasteiger partial charge in [-0.2, -0.15) is 0 Å². The summed E-state index contributed by atoms with van der Waals surface area (Å²) in [5, 5.41) is 0. The molecule has 138 valence electrons. The lowest BCUT2D eigenvalue weighted by Gasteiger charge is -2.35. The highest BCUT2D eigenvalue weighted by Gasteiger charge is 2.32. The molecule has 6 heteroatoms. The zero-order valence-corrected chi connectivity index (χ0v) is 15.1. The summed E-state index contributed by atoms with van der Waals surface area (Å²) in [4.78, 5) is 17.0. The van der Waals surface area contributed by atoms with Gasteiger partial charge in [-0.25, -0.2) is 5.43 Å². The van der Waals surface area contributed by atoms with Crippen LogP contribution in [0.2, 0.25) is 0 Å². The van der Waals surface area contributed by atoms with Gasteiger partial charge in [-0.1, -0.05) is 31.5 Å². The second kappa shape index (κ2) is 9.17. The lowest BCUT2D eigenvalue weighted by atomic mass is 10.1. The van der Waals surface area contributed by atoms with E-state index in [4.69, 9.17) is 4.74 Å². The number of rotatable bonds is 7. The largest absolute Gasteiger partial charge is 0.492 e. The first-order chi connectivity index (χ1) is 12.3. The van der Waals surface area contributed by atoms with E-state index in [0.29, 0.717) is 12.6 Å². The van der Waals surface area contributed by atoms with Gasteiger partial charge >= 0.3 is 0 Å². The highest BCUT2D eigenvalue weighted by Crippen LogP contribution is 2.14. The van der Waals surface area contributed by atoms with E-state index < -0.39 is 0 Å². The Morgan fingerprint density at radius 1 is 1.16 bits per heavy atom. The minimum Gasteiger partial charge on any atom is -0.492 e. The maximum atomic E-state index is 12.6. The lowest BCUT2D eigenvalue weighted by molar-refractivity contribution is -0.135. The Kier molecular flexibility index (Phi) is 6.67. The SMILES string of the molecule is CCCC1CC(C(=O)N2CCN(CCOc3ccccc3)CC2)NN1. The lowest BCUT2D eigenvalue weighted by Crippen LogP contribution is -2.54. The molecule has 2 N–H and O–H groups in total. The summed E-state index contributed by atoms with van der Waals surface area (Å²) in [6.07, 6.45) is 3.16. The van der Waals surface area contributed by atoms with Crippen LogP contribution in [0.1, 0.15) is 26.2 Å². The van der Waals surface area contributed by atoms with Crippen molar-refractivity contribution in [1.82, 2.24) is 20.7 Å². The Bertz CT molecular complexity index is 531. The molecule has 1 amide bonds. The summed E-state index contributed by atoms with van der Waals surface area (Å²) in [6.45, 7) is 7.22. The van der Waals surface area contributed by atoms with Crippen LogP contribution in [0.25, 0.3) is 0 Å². The normalized spacial score (nSPS) is 24.4. The van der Waals surface area contributed by atoms with Crippen molar-refractivity contribution in [1.29, 1.82) is 0 Å². The molecule has 2 aliphatic heterocycles. The van der Waals surface area contributed by atoms with Crippen LogP contribution in [0.5, 0.6) is 5.75 Å². The molecule has 0 radical (unpaired) electrons. The van der Waals surface area contributed by atoms with Crippen LogP contribution >= 0.6 is 0 Å². The molecule has 2 unspecified atom stereocenters. The summed E-state index contributed by atoms with van der Waals surface area (Å²) in [5.74, 6) is 1.16. The highest BCUT2D eigenvalue weighted by atomic mass is 16.5. The number of hydrogen-bond acceptors (Lipinski definition) is 5. The number of ether oxygens (including phenoxy) is 1. The molecule has 2 saturated heterocycles. The van der Waals surface area contributed by atoms with E-state index in [-0.39, 0.29) is 11.9 Å². The van der Waals surface area contributed by atoms with Crippen LogP contribution in [0, 0.1) is 0 Å². The van der Waals surface area contributed by atoms with Gasteiger partial charge in [0.2, 0.25) is 5.91 Å². The van der Waals surface area contributed by atoms with E-state index in [2.05, 4.69) is 22.7 Å². The molecule has 0 bridgehead atoms. The average molecular weight is 346 g/mol. The van der Waals surface area contributed by atoms with Gasteiger partial charge < -0.3 is 9.64 Å². The molecule has 0 saturated carbocycles. The summed E-state index contributed by atoms with van der Waals surface area (Å²) in [7, 11) is 0. The maximum Gasteiger partial charge on any atom is 0.241 e. The minimum absolute atomic E-state index is 0.0653. The van der Waals surface area contributed by atoms with Crippen LogP contribution in [0.4, 0.5) is 0 Å². The van der Waals surface area contributed by atoms with Crippen molar-refractivity contribution in [2.45, 2.75) is 38.3 Å². The smallest absolute Gasteiger partial charge is 0.241 e. The van der Waals surface area contributed by atoms with Gasteiger partial charge in [-0.05, 0) is 25.0 Å². The van der Waals surface area contributed by atoms with E-state index in [1.165, 1.54) is 0 Å². The average Bonchev–Trinajstić information content (AvgIpc) is 3.12.